The molecule has 0 saturated carbocycles. The predicted molar refractivity (Wildman–Crippen MR) is 88.0 cm³/mol. The second-order valence-electron chi connectivity index (χ2n) is 5.23. The molecule has 0 bridgehead atoms. The van der Waals surface area contributed by atoms with Gasteiger partial charge in [-0.1, -0.05) is 36.4 Å². The molecular formula is C17H16FN5O. The van der Waals surface area contributed by atoms with Crippen LogP contribution in [0.4, 0.5) is 14.9 Å². The van der Waals surface area contributed by atoms with E-state index in [0.717, 1.165) is 5.56 Å². The molecule has 0 radical (unpaired) electrons. The molecule has 1 aromatic heterocycles. The molecule has 0 spiro atoms. The van der Waals surface area contributed by atoms with Crippen LogP contribution >= 0.6 is 0 Å². The summed E-state index contributed by atoms with van der Waals surface area (Å²) in [4.78, 5) is 16.6. The summed E-state index contributed by atoms with van der Waals surface area (Å²) in [7, 11) is 0. The zero-order valence-electron chi connectivity index (χ0n) is 13.0. The highest BCUT2D eigenvalue weighted by atomic mass is 19.1. The van der Waals surface area contributed by atoms with Gasteiger partial charge in [0.15, 0.2) is 5.82 Å². The minimum absolute atomic E-state index is 0.366. The summed E-state index contributed by atoms with van der Waals surface area (Å²) >= 11 is 0. The number of aromatic amines is 1. The van der Waals surface area contributed by atoms with Crippen LogP contribution in [-0.2, 0) is 0 Å². The summed E-state index contributed by atoms with van der Waals surface area (Å²) in [6.45, 7) is 1.78. The molecule has 0 aliphatic rings. The Bertz CT molecular complexity index is 834. The monoisotopic (exact) mass is 325 g/mol. The molecule has 6 nitrogen and oxygen atoms in total. The molecule has 0 fully saturated rings. The van der Waals surface area contributed by atoms with Gasteiger partial charge in [-0.15, -0.1) is 0 Å². The summed E-state index contributed by atoms with van der Waals surface area (Å²) in [5.41, 5.74) is 1.20. The predicted octanol–water partition coefficient (Wildman–Crippen LogP) is 3.16. The Morgan fingerprint density at radius 2 is 1.96 bits per heavy atom. The lowest BCUT2D eigenvalue weighted by Crippen LogP contribution is -2.33. The highest BCUT2D eigenvalue weighted by Crippen LogP contribution is 2.19. The van der Waals surface area contributed by atoms with E-state index < -0.39 is 17.9 Å². The SMILES string of the molecule is Cc1nc(C(NC(=O)Nc2cccc(F)c2)c2ccccc2)n[nH]1. The smallest absolute Gasteiger partial charge is 0.320 e. The summed E-state index contributed by atoms with van der Waals surface area (Å²) < 4.78 is 13.2. The van der Waals surface area contributed by atoms with Gasteiger partial charge >= 0.3 is 6.03 Å². The zero-order valence-corrected chi connectivity index (χ0v) is 13.0. The number of anilines is 1. The van der Waals surface area contributed by atoms with Crippen LogP contribution in [0.2, 0.25) is 0 Å². The van der Waals surface area contributed by atoms with E-state index >= 15 is 0 Å². The van der Waals surface area contributed by atoms with Crippen LogP contribution in [0.1, 0.15) is 23.3 Å². The quantitative estimate of drug-likeness (QED) is 0.689. The minimum atomic E-state index is -0.523. The molecule has 0 aliphatic carbocycles. The van der Waals surface area contributed by atoms with Gasteiger partial charge in [0, 0.05) is 5.69 Å². The number of hydrogen-bond acceptors (Lipinski definition) is 3. The van der Waals surface area contributed by atoms with Crippen molar-refractivity contribution in [1.82, 2.24) is 20.5 Å². The van der Waals surface area contributed by atoms with Crippen molar-refractivity contribution in [3.8, 4) is 0 Å². The molecule has 3 rings (SSSR count). The van der Waals surface area contributed by atoms with Crippen LogP contribution < -0.4 is 10.6 Å². The van der Waals surface area contributed by atoms with E-state index in [1.165, 1.54) is 18.2 Å². The summed E-state index contributed by atoms with van der Waals surface area (Å²) in [6.07, 6.45) is 0. The number of carbonyl (C=O) groups excluding carboxylic acids is 1. The first kappa shape index (κ1) is 15.7. The van der Waals surface area contributed by atoms with Crippen LogP contribution in [0.5, 0.6) is 0 Å². The third-order valence-corrected chi connectivity index (χ3v) is 3.36. The zero-order chi connectivity index (χ0) is 16.9. The first-order valence-corrected chi connectivity index (χ1v) is 7.39. The number of nitrogens with one attached hydrogen (secondary N) is 3. The molecule has 0 saturated heterocycles. The Hall–Kier alpha value is -3.22. The van der Waals surface area contributed by atoms with E-state index in [-0.39, 0.29) is 0 Å². The van der Waals surface area contributed by atoms with E-state index in [2.05, 4.69) is 25.8 Å². The standard InChI is InChI=1S/C17H16FN5O/c1-11-19-16(23-22-11)15(12-6-3-2-4-7-12)21-17(24)20-14-9-5-8-13(18)10-14/h2-10,15H,1H3,(H,19,22,23)(H2,20,21,24). The number of H-pyrrole nitrogens is 1. The van der Waals surface area contributed by atoms with Crippen molar-refractivity contribution in [2.45, 2.75) is 13.0 Å². The Labute approximate surface area is 138 Å². The second kappa shape index (κ2) is 6.91. The average Bonchev–Trinajstić information content (AvgIpc) is 3.00. The number of nitrogens with zero attached hydrogens (tertiary/aromatic N) is 2. The molecule has 1 heterocycles. The van der Waals surface area contributed by atoms with Gasteiger partial charge in [-0.05, 0) is 30.7 Å². The van der Waals surface area contributed by atoms with E-state index in [1.807, 2.05) is 30.3 Å². The highest BCUT2D eigenvalue weighted by Gasteiger charge is 2.20. The van der Waals surface area contributed by atoms with Gasteiger partial charge in [-0.3, -0.25) is 5.10 Å². The number of aryl methyl sites for hydroxylation is 1. The van der Waals surface area contributed by atoms with Crippen molar-refractivity contribution < 1.29 is 9.18 Å². The van der Waals surface area contributed by atoms with Crippen molar-refractivity contribution in [3.05, 3.63) is 77.6 Å². The van der Waals surface area contributed by atoms with E-state index in [4.69, 9.17) is 0 Å². The molecule has 122 valence electrons. The fraction of sp³-hybridized carbons (Fsp3) is 0.118. The Morgan fingerprint density at radius 1 is 1.17 bits per heavy atom. The fourth-order valence-electron chi connectivity index (χ4n) is 2.30. The van der Waals surface area contributed by atoms with Gasteiger partial charge in [0.25, 0.3) is 0 Å². The Morgan fingerprint density at radius 3 is 2.62 bits per heavy atom. The molecule has 0 aliphatic heterocycles. The maximum absolute atomic E-state index is 13.2. The van der Waals surface area contributed by atoms with Crippen LogP contribution in [0.3, 0.4) is 0 Å². The third-order valence-electron chi connectivity index (χ3n) is 3.36. The fourth-order valence-corrected chi connectivity index (χ4v) is 2.30. The van der Waals surface area contributed by atoms with Gasteiger partial charge in [0.2, 0.25) is 0 Å². The van der Waals surface area contributed by atoms with Crippen molar-refractivity contribution in [1.29, 1.82) is 0 Å². The van der Waals surface area contributed by atoms with Gasteiger partial charge in [0.1, 0.15) is 17.7 Å². The van der Waals surface area contributed by atoms with Crippen molar-refractivity contribution >= 4 is 11.7 Å². The van der Waals surface area contributed by atoms with Gasteiger partial charge in [-0.2, -0.15) is 5.10 Å². The number of amides is 2. The molecule has 7 heteroatoms. The molecule has 3 N–H and O–H groups in total. The number of rotatable bonds is 4. The summed E-state index contributed by atoms with van der Waals surface area (Å²) in [5, 5.41) is 12.3. The van der Waals surface area contributed by atoms with Gasteiger partial charge in [0.05, 0.1) is 0 Å². The maximum atomic E-state index is 13.2. The van der Waals surface area contributed by atoms with E-state index in [0.29, 0.717) is 17.3 Å². The lowest BCUT2D eigenvalue weighted by Gasteiger charge is -2.17. The van der Waals surface area contributed by atoms with Crippen molar-refractivity contribution in [2.75, 3.05) is 5.32 Å². The number of hydrogen-bond donors (Lipinski definition) is 3. The first-order valence-electron chi connectivity index (χ1n) is 7.39. The molecular weight excluding hydrogens is 309 g/mol. The van der Waals surface area contributed by atoms with Crippen LogP contribution in [-0.4, -0.2) is 21.2 Å². The van der Waals surface area contributed by atoms with Crippen molar-refractivity contribution in [3.63, 3.8) is 0 Å². The van der Waals surface area contributed by atoms with Crippen LogP contribution in [0.15, 0.2) is 54.6 Å². The topological polar surface area (TPSA) is 82.7 Å². The summed E-state index contributed by atoms with van der Waals surface area (Å²) in [6, 6.07) is 14.1. The minimum Gasteiger partial charge on any atom is -0.324 e. The largest absolute Gasteiger partial charge is 0.324 e. The normalized spacial score (nSPS) is 11.8. The molecule has 2 amide bonds. The Kier molecular flexibility index (Phi) is 4.51. The van der Waals surface area contributed by atoms with Gasteiger partial charge < -0.3 is 10.6 Å². The maximum Gasteiger partial charge on any atom is 0.320 e. The number of aromatic nitrogens is 3. The summed E-state index contributed by atoms with van der Waals surface area (Å²) in [5.74, 6) is 0.684. The first-order chi connectivity index (χ1) is 11.6. The molecule has 24 heavy (non-hydrogen) atoms. The van der Waals surface area contributed by atoms with Crippen molar-refractivity contribution in [2.24, 2.45) is 0 Å². The van der Waals surface area contributed by atoms with Crippen LogP contribution in [0.25, 0.3) is 0 Å². The number of halogens is 1. The lowest BCUT2D eigenvalue weighted by molar-refractivity contribution is 0.249. The third kappa shape index (κ3) is 3.75. The molecule has 2 aromatic carbocycles. The lowest BCUT2D eigenvalue weighted by atomic mass is 10.1. The van der Waals surface area contributed by atoms with Crippen LogP contribution in [0, 0.1) is 12.7 Å². The van der Waals surface area contributed by atoms with E-state index in [9.17, 15) is 9.18 Å². The van der Waals surface area contributed by atoms with Gasteiger partial charge in [-0.25, -0.2) is 14.2 Å². The van der Waals surface area contributed by atoms with E-state index in [1.54, 1.807) is 13.0 Å². The number of benzene rings is 2. The average molecular weight is 325 g/mol. The number of urea groups is 1. The molecule has 3 aromatic rings. The highest BCUT2D eigenvalue weighted by molar-refractivity contribution is 5.89. The molecule has 1 atom stereocenters. The number of carbonyl (C=O) groups is 1. The second-order valence-corrected chi connectivity index (χ2v) is 5.23. The Balaban J connectivity index is 1.80. The molecule has 1 unspecified atom stereocenters.